The van der Waals surface area contributed by atoms with Crippen LogP contribution < -0.4 is 35.2 Å². The molecular formula is C79H101ClN14O13S2. The third-order valence-corrected chi connectivity index (χ3v) is 23.5. The minimum absolute atomic E-state index is 0.000240. The van der Waals surface area contributed by atoms with Crippen LogP contribution in [-0.4, -0.2) is 233 Å². The summed E-state index contributed by atoms with van der Waals surface area (Å²) in [7, 11) is -4.66. The molecule has 7 aromatic rings. The number of nitro benzene ring substituents is 1. The van der Waals surface area contributed by atoms with Crippen LogP contribution in [0.15, 0.2) is 119 Å². The zero-order valence-corrected chi connectivity index (χ0v) is 65.4. The molecule has 0 radical (unpaired) electrons. The first-order valence-electron chi connectivity index (χ1n) is 37.6. The number of nitro groups is 1. The van der Waals surface area contributed by atoms with Gasteiger partial charge in [0, 0.05) is 139 Å². The van der Waals surface area contributed by atoms with Crippen LogP contribution >= 0.6 is 22.9 Å². The van der Waals surface area contributed by atoms with Crippen LogP contribution in [0.25, 0.3) is 27.0 Å². The van der Waals surface area contributed by atoms with Gasteiger partial charge in [0.05, 0.1) is 89.5 Å². The summed E-state index contributed by atoms with van der Waals surface area (Å²) in [4.78, 5) is 93.0. The number of ether oxygens (including phenoxy) is 4. The lowest BCUT2D eigenvalue weighted by Crippen LogP contribution is -2.57. The second kappa shape index (κ2) is 36.0. The topological polar surface area (TPSA) is 312 Å². The molecule has 7 heterocycles. The molecule has 0 spiro atoms. The number of nitrogens with zero attached hydrogens (tertiary/aromatic N) is 9. The molecule has 30 heteroatoms. The molecule has 0 unspecified atom stereocenters. The molecule has 4 aliphatic heterocycles. The fourth-order valence-electron chi connectivity index (χ4n) is 14.8. The number of sulfonamides is 1. The van der Waals surface area contributed by atoms with Crippen LogP contribution in [0, 0.1) is 27.9 Å². The first-order chi connectivity index (χ1) is 52.3. The number of piperazine rings is 2. The number of carbonyl (C=O) groups is 4. The van der Waals surface area contributed by atoms with Gasteiger partial charge in [-0.2, -0.15) is 4.98 Å². The van der Waals surface area contributed by atoms with Crippen LogP contribution in [0.5, 0.6) is 5.88 Å². The number of hydrogen-bond donors (Lipinski definition) is 6. The van der Waals surface area contributed by atoms with Gasteiger partial charge < -0.3 is 59.7 Å². The first-order valence-corrected chi connectivity index (χ1v) is 40.4. The Morgan fingerprint density at radius 2 is 1.53 bits per heavy atom. The molecule has 4 amide bonds. The van der Waals surface area contributed by atoms with E-state index in [9.17, 15) is 42.8 Å². The second-order valence-corrected chi connectivity index (χ2v) is 33.5. The summed E-state index contributed by atoms with van der Waals surface area (Å²) < 4.78 is 54.2. The predicted molar refractivity (Wildman–Crippen MR) is 422 cm³/mol. The fourth-order valence-corrected chi connectivity index (χ4v) is 16.7. The van der Waals surface area contributed by atoms with Gasteiger partial charge in [0.25, 0.3) is 21.6 Å². The minimum Gasteiger partial charge on any atom is -0.476 e. The van der Waals surface area contributed by atoms with Crippen molar-refractivity contribution in [1.29, 1.82) is 0 Å². The predicted octanol–water partition coefficient (Wildman–Crippen LogP) is 9.66. The standard InChI is InChI=1S/C79H101ClN14O13S2/c1-53-71(108-52-84-53)56-10-8-54(9-11-56)49-83-75(98)68-46-61(95)51-93(68)77(99)72(78(2,3)4)85-70(96)22-38-104-40-42-106-43-41-105-39-36-89-30-28-88(29-31-89)27-25-81-65-19-17-62(47-67(65)94(100)101)109(102,103)87-74(97)63-18-16-60(45-66(63)92-26-7-37-107-76-69(92)44-57-21-24-82-73(57)86-76)91-34-32-90(33-35-91)50-58-20-23-79(5,6)48-64(58)55-12-14-59(80)15-13-55/h8-19,21,24,44-45,47,52,61,68,72,81,95H,7,20,22-23,25-43,46,48-51H2,1-6H3,(H,82,86)(H,83,98)(H,85,96)(H,87,97)/t61-,68+,72-/m1/s1. The molecule has 109 heavy (non-hydrogen) atoms. The third kappa shape index (κ3) is 20.7. The minimum atomic E-state index is -4.66. The van der Waals surface area contributed by atoms with E-state index < -0.39 is 60.9 Å². The number of β-amino-alcohol motifs (C(OH)–C–C–N with tert-alkyl or cyclic N) is 1. The van der Waals surface area contributed by atoms with E-state index in [0.29, 0.717) is 75.4 Å². The number of hydrogen-bond acceptors (Lipinski definition) is 22. The maximum Gasteiger partial charge on any atom is 0.293 e. The highest BCUT2D eigenvalue weighted by molar-refractivity contribution is 7.90. The molecule has 12 rings (SSSR count). The quantitative estimate of drug-likeness (QED) is 0.0134. The van der Waals surface area contributed by atoms with Crippen molar-refractivity contribution in [2.75, 3.05) is 153 Å². The molecule has 3 atom stereocenters. The van der Waals surface area contributed by atoms with Crippen molar-refractivity contribution in [3.8, 4) is 16.3 Å². The van der Waals surface area contributed by atoms with Crippen molar-refractivity contribution >= 4 is 102 Å². The van der Waals surface area contributed by atoms with Gasteiger partial charge in [-0.1, -0.05) is 88.2 Å². The van der Waals surface area contributed by atoms with Gasteiger partial charge in [0.2, 0.25) is 23.6 Å². The maximum absolute atomic E-state index is 14.7. The Hall–Kier alpha value is -8.62. The number of aliphatic hydroxyl groups excluding tert-OH is 1. The van der Waals surface area contributed by atoms with E-state index in [0.717, 1.165) is 129 Å². The van der Waals surface area contributed by atoms with E-state index >= 15 is 0 Å². The maximum atomic E-state index is 14.7. The highest BCUT2D eigenvalue weighted by Gasteiger charge is 2.45. The summed E-state index contributed by atoms with van der Waals surface area (Å²) in [6.07, 6.45) is 4.71. The number of H-pyrrole nitrogens is 1. The Balaban J connectivity index is 0.557. The van der Waals surface area contributed by atoms with Crippen LogP contribution in [0.1, 0.15) is 100 Å². The molecule has 4 aromatic carbocycles. The van der Waals surface area contributed by atoms with Crippen molar-refractivity contribution in [2.24, 2.45) is 10.8 Å². The van der Waals surface area contributed by atoms with Gasteiger partial charge in [0.1, 0.15) is 29.1 Å². The van der Waals surface area contributed by atoms with E-state index in [1.807, 2.05) is 98.8 Å². The van der Waals surface area contributed by atoms with Crippen LogP contribution in [0.3, 0.4) is 0 Å². The number of likely N-dealkylation sites (tertiary alicyclic amines) is 1. The van der Waals surface area contributed by atoms with Crippen molar-refractivity contribution in [1.82, 2.24) is 49.9 Å². The number of allylic oxidation sites excluding steroid dienone is 1. The smallest absolute Gasteiger partial charge is 0.293 e. The number of aromatic nitrogens is 3. The van der Waals surface area contributed by atoms with E-state index in [2.05, 4.69) is 76.2 Å². The van der Waals surface area contributed by atoms with Crippen LogP contribution in [-0.2, 0) is 45.2 Å². The SMILES string of the molecule is Cc1ncsc1-c1ccc(CNC(=O)[C@@H]2C[C@@H](O)CN2C(=O)[C@@H](NC(=O)CCOCCOCCOCCN2CCN(CCNc3ccc(S(=O)(=O)NC(=O)c4ccc(N5CCN(CC6=C(c7ccc(Cl)cc7)CC(C)(C)CC6)CC5)cc4N4CCCOc5nc6[nH]ccc6cc54)cc3[N+](=O)[O-])CC2)C(C)(C)C)cc1. The fraction of sp³-hybridized carbons (Fsp3) is 0.494. The molecule has 0 saturated carbocycles. The molecule has 27 nitrogen and oxygen atoms in total. The van der Waals surface area contributed by atoms with E-state index in [-0.39, 0.29) is 74.2 Å². The number of benzene rings is 4. The highest BCUT2D eigenvalue weighted by Crippen LogP contribution is 2.45. The molecule has 5 aliphatic rings. The van der Waals surface area contributed by atoms with Gasteiger partial charge >= 0.3 is 0 Å². The number of amides is 4. The lowest BCUT2D eigenvalue weighted by molar-refractivity contribution is -0.384. The lowest BCUT2D eigenvalue weighted by atomic mass is 9.72. The average Bonchev–Trinajstić information content (AvgIpc) is 1.78. The number of thiazole rings is 1. The number of aromatic amines is 1. The van der Waals surface area contributed by atoms with Gasteiger partial charge in [-0.3, -0.25) is 44.0 Å². The molecule has 3 saturated heterocycles. The van der Waals surface area contributed by atoms with Gasteiger partial charge in [-0.05, 0) is 120 Å². The summed E-state index contributed by atoms with van der Waals surface area (Å²) in [6.45, 7) is 23.7. The molecule has 0 bridgehead atoms. The monoisotopic (exact) mass is 1550 g/mol. The zero-order chi connectivity index (χ0) is 77.0. The summed E-state index contributed by atoms with van der Waals surface area (Å²) >= 11 is 7.88. The number of rotatable bonds is 31. The number of aryl methyl sites for hydroxylation is 1. The number of pyridine rings is 1. The van der Waals surface area contributed by atoms with Gasteiger partial charge in [-0.25, -0.2) is 18.1 Å². The Morgan fingerprint density at radius 3 is 2.24 bits per heavy atom. The van der Waals surface area contributed by atoms with E-state index in [1.165, 1.54) is 33.7 Å². The van der Waals surface area contributed by atoms with Crippen LogP contribution in [0.2, 0.25) is 5.02 Å². The summed E-state index contributed by atoms with van der Waals surface area (Å²) in [5, 5.41) is 33.7. The van der Waals surface area contributed by atoms with E-state index in [1.54, 1.807) is 23.6 Å². The first kappa shape index (κ1) is 79.9. The Kier molecular flexibility index (Phi) is 26.4. The van der Waals surface area contributed by atoms with Gasteiger partial charge in [-0.15, -0.1) is 11.3 Å². The third-order valence-electron chi connectivity index (χ3n) is 21.0. The summed E-state index contributed by atoms with van der Waals surface area (Å²) in [6, 6.07) is 27.1. The number of fused-ring (bicyclic) bond motifs is 2. The number of anilines is 4. The van der Waals surface area contributed by atoms with Crippen molar-refractivity contribution in [2.45, 2.75) is 110 Å². The number of halogens is 1. The largest absolute Gasteiger partial charge is 0.476 e. The molecule has 3 aromatic heterocycles. The summed E-state index contributed by atoms with van der Waals surface area (Å²) in [5.41, 5.74) is 10.6. The Bertz CT molecular complexity index is 4500. The highest BCUT2D eigenvalue weighted by atomic mass is 35.5. The zero-order valence-electron chi connectivity index (χ0n) is 63.0. The van der Waals surface area contributed by atoms with Gasteiger partial charge in [0.15, 0.2) is 0 Å². The lowest BCUT2D eigenvalue weighted by Gasteiger charge is -2.39. The molecule has 1 aliphatic carbocycles. The number of carbonyl (C=O) groups excluding carboxylic acids is 4. The van der Waals surface area contributed by atoms with Crippen molar-refractivity contribution < 1.29 is 56.6 Å². The summed E-state index contributed by atoms with van der Waals surface area (Å²) in [5.74, 6) is -1.74. The molecular weight excluding hydrogens is 1450 g/mol. The van der Waals surface area contributed by atoms with Crippen molar-refractivity contribution in [3.63, 3.8) is 0 Å². The number of aliphatic hydroxyl groups is 1. The molecule has 6 N–H and O–H groups in total. The van der Waals surface area contributed by atoms with E-state index in [4.69, 9.17) is 35.5 Å². The van der Waals surface area contributed by atoms with Crippen LogP contribution in [0.4, 0.5) is 28.4 Å². The molecule has 584 valence electrons. The second-order valence-electron chi connectivity index (χ2n) is 30.5. The average molecular weight is 1550 g/mol. The Labute approximate surface area is 646 Å². The normalized spacial score (nSPS) is 18.4. The molecule has 3 fully saturated rings. The number of nitrogens with one attached hydrogen (secondary N) is 5. The van der Waals surface area contributed by atoms with Crippen molar-refractivity contribution in [3.05, 3.63) is 152 Å². The Morgan fingerprint density at radius 1 is 0.835 bits per heavy atom.